The fourth-order valence-electron chi connectivity index (χ4n) is 0.960. The van der Waals surface area contributed by atoms with Crippen molar-refractivity contribution < 1.29 is 15.0 Å². The van der Waals surface area contributed by atoms with Gasteiger partial charge in [0, 0.05) is 12.2 Å². The standard InChI is InChI=1S/C10H14N2O3/c1-7(13)6-11-10(15)12-8-2-4-9(14)5-3-8/h2-5,7,13-14H,6H2,1H3,(H2,11,12,15). The number of hydrogen-bond donors (Lipinski definition) is 4. The van der Waals surface area contributed by atoms with Gasteiger partial charge in [-0.1, -0.05) is 0 Å². The number of aliphatic hydroxyl groups is 1. The number of nitrogens with one attached hydrogen (secondary N) is 2. The fourth-order valence-corrected chi connectivity index (χ4v) is 0.960. The van der Waals surface area contributed by atoms with Crippen LogP contribution in [0, 0.1) is 0 Å². The molecule has 15 heavy (non-hydrogen) atoms. The van der Waals surface area contributed by atoms with Crippen LogP contribution >= 0.6 is 0 Å². The average Bonchev–Trinajstić information content (AvgIpc) is 2.19. The van der Waals surface area contributed by atoms with E-state index < -0.39 is 6.10 Å². The molecule has 4 N–H and O–H groups in total. The van der Waals surface area contributed by atoms with Gasteiger partial charge >= 0.3 is 6.03 Å². The van der Waals surface area contributed by atoms with Crippen molar-refractivity contribution in [3.8, 4) is 5.75 Å². The average molecular weight is 210 g/mol. The van der Waals surface area contributed by atoms with Crippen LogP contribution < -0.4 is 10.6 Å². The molecule has 0 heterocycles. The molecule has 1 aromatic rings. The molecule has 1 rings (SSSR count). The van der Waals surface area contributed by atoms with Gasteiger partial charge in [-0.2, -0.15) is 0 Å². The predicted octanol–water partition coefficient (Wildman–Crippen LogP) is 0.895. The third kappa shape index (κ3) is 4.33. The maximum Gasteiger partial charge on any atom is 0.319 e. The largest absolute Gasteiger partial charge is 0.508 e. The van der Waals surface area contributed by atoms with Crippen LogP contribution in [-0.4, -0.2) is 28.9 Å². The number of aromatic hydroxyl groups is 1. The number of aliphatic hydroxyl groups excluding tert-OH is 1. The van der Waals surface area contributed by atoms with Gasteiger partial charge in [0.25, 0.3) is 0 Å². The van der Waals surface area contributed by atoms with Gasteiger partial charge in [-0.15, -0.1) is 0 Å². The SMILES string of the molecule is CC(O)CNC(=O)Nc1ccc(O)cc1. The van der Waals surface area contributed by atoms with Crippen LogP contribution in [0.4, 0.5) is 10.5 Å². The van der Waals surface area contributed by atoms with Gasteiger partial charge < -0.3 is 20.8 Å². The minimum Gasteiger partial charge on any atom is -0.508 e. The third-order valence-corrected chi connectivity index (χ3v) is 1.68. The first-order chi connectivity index (χ1) is 7.08. The monoisotopic (exact) mass is 210 g/mol. The molecule has 0 saturated carbocycles. The molecule has 2 amide bonds. The number of hydrogen-bond acceptors (Lipinski definition) is 3. The van der Waals surface area contributed by atoms with Gasteiger partial charge in [-0.05, 0) is 31.2 Å². The summed E-state index contributed by atoms with van der Waals surface area (Å²) < 4.78 is 0. The van der Waals surface area contributed by atoms with E-state index in [9.17, 15) is 4.79 Å². The molecule has 0 aliphatic rings. The van der Waals surface area contributed by atoms with Crippen molar-refractivity contribution in [1.82, 2.24) is 5.32 Å². The summed E-state index contributed by atoms with van der Waals surface area (Å²) in [6.07, 6.45) is -0.574. The van der Waals surface area contributed by atoms with Gasteiger partial charge in [0.2, 0.25) is 0 Å². The summed E-state index contributed by atoms with van der Waals surface area (Å²) in [4.78, 5) is 11.2. The topological polar surface area (TPSA) is 81.6 Å². The molecule has 1 unspecified atom stereocenters. The molecule has 0 aliphatic heterocycles. The quantitative estimate of drug-likeness (QED) is 0.559. The van der Waals surface area contributed by atoms with E-state index in [1.165, 1.54) is 12.1 Å². The van der Waals surface area contributed by atoms with Crippen LogP contribution in [0.5, 0.6) is 5.75 Å². The number of benzene rings is 1. The molecule has 0 aliphatic carbocycles. The molecular weight excluding hydrogens is 196 g/mol. The lowest BCUT2D eigenvalue weighted by atomic mass is 10.3. The summed E-state index contributed by atoms with van der Waals surface area (Å²) >= 11 is 0. The Kier molecular flexibility index (Phi) is 3.93. The molecule has 0 saturated heterocycles. The second kappa shape index (κ2) is 5.21. The second-order valence-electron chi connectivity index (χ2n) is 3.23. The lowest BCUT2D eigenvalue weighted by Crippen LogP contribution is -2.34. The predicted molar refractivity (Wildman–Crippen MR) is 56.8 cm³/mol. The van der Waals surface area contributed by atoms with Crippen molar-refractivity contribution in [2.24, 2.45) is 0 Å². The van der Waals surface area contributed by atoms with Crippen LogP contribution in [0.25, 0.3) is 0 Å². The van der Waals surface area contributed by atoms with Crippen molar-refractivity contribution in [2.75, 3.05) is 11.9 Å². The molecule has 5 heteroatoms. The first kappa shape index (κ1) is 11.3. The van der Waals surface area contributed by atoms with Crippen molar-refractivity contribution in [2.45, 2.75) is 13.0 Å². The fraction of sp³-hybridized carbons (Fsp3) is 0.300. The number of carbonyl (C=O) groups is 1. The van der Waals surface area contributed by atoms with Gasteiger partial charge in [-0.25, -0.2) is 4.79 Å². The van der Waals surface area contributed by atoms with E-state index in [4.69, 9.17) is 10.2 Å². The highest BCUT2D eigenvalue weighted by molar-refractivity contribution is 5.89. The molecule has 1 atom stereocenters. The van der Waals surface area contributed by atoms with E-state index in [1.54, 1.807) is 19.1 Å². The number of phenolic OH excluding ortho intramolecular Hbond substituents is 1. The number of urea groups is 1. The van der Waals surface area contributed by atoms with E-state index in [0.29, 0.717) is 5.69 Å². The molecule has 82 valence electrons. The van der Waals surface area contributed by atoms with Crippen LogP contribution in [0.2, 0.25) is 0 Å². The third-order valence-electron chi connectivity index (χ3n) is 1.68. The van der Waals surface area contributed by atoms with Crippen LogP contribution in [-0.2, 0) is 0 Å². The normalized spacial score (nSPS) is 11.9. The Morgan fingerprint density at radius 3 is 2.53 bits per heavy atom. The van der Waals surface area contributed by atoms with Gasteiger partial charge in [0.15, 0.2) is 0 Å². The highest BCUT2D eigenvalue weighted by Crippen LogP contribution is 2.13. The number of rotatable bonds is 3. The smallest absolute Gasteiger partial charge is 0.319 e. The highest BCUT2D eigenvalue weighted by Gasteiger charge is 2.02. The number of anilines is 1. The first-order valence-corrected chi connectivity index (χ1v) is 4.60. The molecule has 0 spiro atoms. The Hall–Kier alpha value is -1.75. The van der Waals surface area contributed by atoms with E-state index in [-0.39, 0.29) is 18.3 Å². The van der Waals surface area contributed by atoms with Crippen molar-refractivity contribution >= 4 is 11.7 Å². The summed E-state index contributed by atoms with van der Waals surface area (Å²) in [7, 11) is 0. The Morgan fingerprint density at radius 2 is 2.00 bits per heavy atom. The Balaban J connectivity index is 2.41. The van der Waals surface area contributed by atoms with E-state index in [0.717, 1.165) is 0 Å². The van der Waals surface area contributed by atoms with Crippen molar-refractivity contribution in [1.29, 1.82) is 0 Å². The molecule has 5 nitrogen and oxygen atoms in total. The molecule has 0 bridgehead atoms. The molecule has 0 radical (unpaired) electrons. The van der Waals surface area contributed by atoms with Gasteiger partial charge in [-0.3, -0.25) is 0 Å². The maximum atomic E-state index is 11.2. The van der Waals surface area contributed by atoms with Gasteiger partial charge in [0.1, 0.15) is 5.75 Å². The Morgan fingerprint density at radius 1 is 1.40 bits per heavy atom. The molecule has 0 fully saturated rings. The zero-order chi connectivity index (χ0) is 11.3. The number of phenols is 1. The number of amides is 2. The summed E-state index contributed by atoms with van der Waals surface area (Å²) in [6, 6.07) is 5.73. The van der Waals surface area contributed by atoms with Crippen LogP contribution in [0.3, 0.4) is 0 Å². The number of carbonyl (C=O) groups excluding carboxylic acids is 1. The van der Waals surface area contributed by atoms with E-state index >= 15 is 0 Å². The second-order valence-corrected chi connectivity index (χ2v) is 3.23. The summed E-state index contributed by atoms with van der Waals surface area (Å²) in [6.45, 7) is 1.78. The highest BCUT2D eigenvalue weighted by atomic mass is 16.3. The zero-order valence-electron chi connectivity index (χ0n) is 8.40. The zero-order valence-corrected chi connectivity index (χ0v) is 8.40. The Bertz CT molecular complexity index is 322. The van der Waals surface area contributed by atoms with Gasteiger partial charge in [0.05, 0.1) is 6.10 Å². The Labute approximate surface area is 87.7 Å². The summed E-state index contributed by atoms with van der Waals surface area (Å²) in [5.41, 5.74) is 0.580. The van der Waals surface area contributed by atoms with Crippen LogP contribution in [0.1, 0.15) is 6.92 Å². The molecule has 0 aromatic heterocycles. The van der Waals surface area contributed by atoms with E-state index in [1.807, 2.05) is 0 Å². The summed E-state index contributed by atoms with van der Waals surface area (Å²) in [5.74, 6) is 0.143. The minimum atomic E-state index is -0.574. The van der Waals surface area contributed by atoms with Crippen molar-refractivity contribution in [3.63, 3.8) is 0 Å². The first-order valence-electron chi connectivity index (χ1n) is 4.60. The van der Waals surface area contributed by atoms with Crippen molar-refractivity contribution in [3.05, 3.63) is 24.3 Å². The maximum absolute atomic E-state index is 11.2. The van der Waals surface area contributed by atoms with E-state index in [2.05, 4.69) is 10.6 Å². The lowest BCUT2D eigenvalue weighted by Gasteiger charge is -2.08. The summed E-state index contributed by atoms with van der Waals surface area (Å²) in [5, 5.41) is 23.0. The minimum absolute atomic E-state index is 0.143. The lowest BCUT2D eigenvalue weighted by molar-refractivity contribution is 0.190. The molecule has 1 aromatic carbocycles. The molecular formula is C10H14N2O3. The van der Waals surface area contributed by atoms with Crippen LogP contribution in [0.15, 0.2) is 24.3 Å².